The summed E-state index contributed by atoms with van der Waals surface area (Å²) in [4.78, 5) is 17.0. The van der Waals surface area contributed by atoms with E-state index in [4.69, 9.17) is 4.74 Å². The smallest absolute Gasteiger partial charge is 0.410 e. The number of ether oxygens (including phenoxy) is 1. The van der Waals surface area contributed by atoms with E-state index in [9.17, 15) is 4.79 Å². The van der Waals surface area contributed by atoms with Gasteiger partial charge < -0.3 is 9.64 Å². The molecule has 2 saturated heterocycles. The number of fused-ring (bicyclic) bond motifs is 2. The molecule has 2 aliphatic heterocycles. The number of hydrogen-bond donors (Lipinski definition) is 0. The number of rotatable bonds is 4. The molecule has 1 aromatic carbocycles. The van der Waals surface area contributed by atoms with E-state index in [0.717, 1.165) is 39.1 Å². The highest BCUT2D eigenvalue weighted by Gasteiger charge is 2.37. The van der Waals surface area contributed by atoms with Crippen LogP contribution < -0.4 is 0 Å². The molecular weight excluding hydrogens is 300 g/mol. The Morgan fingerprint density at radius 2 is 1.75 bits per heavy atom. The number of amides is 1. The van der Waals surface area contributed by atoms with Gasteiger partial charge in [0.15, 0.2) is 0 Å². The van der Waals surface area contributed by atoms with Gasteiger partial charge in [0, 0.05) is 32.7 Å². The summed E-state index contributed by atoms with van der Waals surface area (Å²) in [5.41, 5.74) is 1.00. The highest BCUT2D eigenvalue weighted by atomic mass is 16.6. The maximum atomic E-state index is 12.5. The zero-order valence-electron chi connectivity index (χ0n) is 15.2. The summed E-state index contributed by atoms with van der Waals surface area (Å²) < 4.78 is 5.69. The quantitative estimate of drug-likeness (QED) is 0.842. The van der Waals surface area contributed by atoms with Crippen molar-refractivity contribution in [3.63, 3.8) is 0 Å². The van der Waals surface area contributed by atoms with Crippen molar-refractivity contribution in [1.82, 2.24) is 9.80 Å². The third kappa shape index (κ3) is 4.29. The molecule has 4 heteroatoms. The minimum atomic E-state index is -0.372. The van der Waals surface area contributed by atoms with Gasteiger partial charge in [0.1, 0.15) is 5.60 Å². The maximum Gasteiger partial charge on any atom is 0.410 e. The zero-order chi connectivity index (χ0) is 17.2. The Kier molecular flexibility index (Phi) is 5.14. The molecule has 2 atom stereocenters. The first kappa shape index (κ1) is 17.3. The summed E-state index contributed by atoms with van der Waals surface area (Å²) in [6.45, 7) is 10.9. The largest absolute Gasteiger partial charge is 0.443 e. The SMILES string of the molecule is CCC(C)(C)OC(=O)N1CC2CC(CN(Cc3ccccc3)C2)C1. The second kappa shape index (κ2) is 7.14. The molecule has 0 aliphatic carbocycles. The van der Waals surface area contributed by atoms with Crippen molar-refractivity contribution in [1.29, 1.82) is 0 Å². The number of likely N-dealkylation sites (tertiary alicyclic amines) is 2. The van der Waals surface area contributed by atoms with Crippen molar-refractivity contribution in [2.24, 2.45) is 11.8 Å². The van der Waals surface area contributed by atoms with Crippen LogP contribution in [0.4, 0.5) is 4.79 Å². The van der Waals surface area contributed by atoms with Gasteiger partial charge in [-0.05, 0) is 44.1 Å². The van der Waals surface area contributed by atoms with E-state index in [1.165, 1.54) is 12.0 Å². The number of nitrogens with zero attached hydrogens (tertiary/aromatic N) is 2. The normalized spacial score (nSPS) is 24.7. The molecule has 1 amide bonds. The van der Waals surface area contributed by atoms with Gasteiger partial charge in [0.05, 0.1) is 0 Å². The van der Waals surface area contributed by atoms with Crippen LogP contribution in [0.3, 0.4) is 0 Å². The fourth-order valence-electron chi connectivity index (χ4n) is 3.88. The minimum absolute atomic E-state index is 0.131. The summed E-state index contributed by atoms with van der Waals surface area (Å²) in [7, 11) is 0. The Morgan fingerprint density at radius 3 is 2.33 bits per heavy atom. The summed E-state index contributed by atoms with van der Waals surface area (Å²) >= 11 is 0. The van der Waals surface area contributed by atoms with Gasteiger partial charge in [-0.1, -0.05) is 37.3 Å². The van der Waals surface area contributed by atoms with Gasteiger partial charge in [-0.2, -0.15) is 0 Å². The standard InChI is InChI=1S/C20H30N2O2/c1-4-20(2,3)24-19(23)22-14-17-10-18(15-22)13-21(12-17)11-16-8-6-5-7-9-16/h5-9,17-18H,4,10-15H2,1-3H3. The van der Waals surface area contributed by atoms with E-state index in [1.807, 2.05) is 18.7 Å². The van der Waals surface area contributed by atoms with E-state index in [-0.39, 0.29) is 11.7 Å². The first-order valence-electron chi connectivity index (χ1n) is 9.19. The van der Waals surface area contributed by atoms with E-state index in [0.29, 0.717) is 11.8 Å². The van der Waals surface area contributed by atoms with Crippen LogP contribution in [0.1, 0.15) is 39.2 Å². The molecule has 2 bridgehead atoms. The lowest BCUT2D eigenvalue weighted by Gasteiger charge is -2.46. The Labute approximate surface area is 145 Å². The van der Waals surface area contributed by atoms with E-state index in [2.05, 4.69) is 42.2 Å². The predicted molar refractivity (Wildman–Crippen MR) is 95.7 cm³/mol. The van der Waals surface area contributed by atoms with Crippen LogP contribution in [-0.4, -0.2) is 47.7 Å². The Bertz CT molecular complexity index is 544. The molecule has 0 aromatic heterocycles. The molecule has 0 spiro atoms. The fraction of sp³-hybridized carbons (Fsp3) is 0.650. The molecule has 0 radical (unpaired) electrons. The Hall–Kier alpha value is -1.55. The highest BCUT2D eigenvalue weighted by Crippen LogP contribution is 2.30. The van der Waals surface area contributed by atoms with Crippen molar-refractivity contribution in [2.45, 2.75) is 45.8 Å². The average molecular weight is 330 g/mol. The van der Waals surface area contributed by atoms with E-state index >= 15 is 0 Å². The average Bonchev–Trinajstić information content (AvgIpc) is 2.54. The minimum Gasteiger partial charge on any atom is -0.443 e. The molecule has 132 valence electrons. The lowest BCUT2D eigenvalue weighted by atomic mass is 9.84. The van der Waals surface area contributed by atoms with E-state index < -0.39 is 0 Å². The number of hydrogen-bond acceptors (Lipinski definition) is 3. The second-order valence-corrected chi connectivity index (χ2v) is 8.03. The highest BCUT2D eigenvalue weighted by molar-refractivity contribution is 5.68. The van der Waals surface area contributed by atoms with Crippen LogP contribution in [-0.2, 0) is 11.3 Å². The molecule has 2 heterocycles. The van der Waals surface area contributed by atoms with Gasteiger partial charge in [0.2, 0.25) is 0 Å². The maximum absolute atomic E-state index is 12.5. The number of piperidine rings is 2. The van der Waals surface area contributed by atoms with Crippen LogP contribution in [0.5, 0.6) is 0 Å². The third-order valence-electron chi connectivity index (χ3n) is 5.38. The lowest BCUT2D eigenvalue weighted by molar-refractivity contribution is -0.0183. The Balaban J connectivity index is 1.56. The van der Waals surface area contributed by atoms with Crippen molar-refractivity contribution >= 4 is 6.09 Å². The molecule has 0 saturated carbocycles. The van der Waals surface area contributed by atoms with Crippen LogP contribution >= 0.6 is 0 Å². The molecule has 24 heavy (non-hydrogen) atoms. The predicted octanol–water partition coefficient (Wildman–Crippen LogP) is 3.77. The van der Waals surface area contributed by atoms with Crippen LogP contribution in [0, 0.1) is 11.8 Å². The Morgan fingerprint density at radius 1 is 1.12 bits per heavy atom. The molecule has 0 N–H and O–H groups in total. The summed E-state index contributed by atoms with van der Waals surface area (Å²) in [5.74, 6) is 1.14. The topological polar surface area (TPSA) is 32.8 Å². The monoisotopic (exact) mass is 330 g/mol. The summed E-state index contributed by atoms with van der Waals surface area (Å²) in [6.07, 6.45) is 1.95. The third-order valence-corrected chi connectivity index (χ3v) is 5.38. The first-order valence-corrected chi connectivity index (χ1v) is 9.19. The van der Waals surface area contributed by atoms with Crippen LogP contribution in [0.25, 0.3) is 0 Å². The molecule has 2 fully saturated rings. The summed E-state index contributed by atoms with van der Waals surface area (Å²) in [6, 6.07) is 10.7. The van der Waals surface area contributed by atoms with Crippen LogP contribution in [0.2, 0.25) is 0 Å². The molecule has 2 aliphatic rings. The van der Waals surface area contributed by atoms with E-state index in [1.54, 1.807) is 0 Å². The number of carbonyl (C=O) groups excluding carboxylic acids is 1. The molecule has 4 nitrogen and oxygen atoms in total. The van der Waals surface area contributed by atoms with Crippen molar-refractivity contribution < 1.29 is 9.53 Å². The first-order chi connectivity index (χ1) is 11.4. The molecule has 1 aromatic rings. The second-order valence-electron chi connectivity index (χ2n) is 8.03. The molecule has 2 unspecified atom stereocenters. The zero-order valence-corrected chi connectivity index (χ0v) is 15.2. The van der Waals surface area contributed by atoms with Gasteiger partial charge in [-0.25, -0.2) is 4.79 Å². The van der Waals surface area contributed by atoms with Gasteiger partial charge in [0.25, 0.3) is 0 Å². The van der Waals surface area contributed by atoms with Gasteiger partial charge >= 0.3 is 6.09 Å². The molecular formula is C20H30N2O2. The number of benzene rings is 1. The fourth-order valence-corrected chi connectivity index (χ4v) is 3.88. The van der Waals surface area contributed by atoms with Gasteiger partial charge in [-0.15, -0.1) is 0 Å². The lowest BCUT2D eigenvalue weighted by Crippen LogP contribution is -2.54. The van der Waals surface area contributed by atoms with Crippen molar-refractivity contribution in [3.05, 3.63) is 35.9 Å². The number of carbonyl (C=O) groups is 1. The van der Waals surface area contributed by atoms with Crippen molar-refractivity contribution in [3.8, 4) is 0 Å². The van der Waals surface area contributed by atoms with Crippen LogP contribution in [0.15, 0.2) is 30.3 Å². The van der Waals surface area contributed by atoms with Crippen molar-refractivity contribution in [2.75, 3.05) is 26.2 Å². The van der Waals surface area contributed by atoms with Gasteiger partial charge in [-0.3, -0.25) is 4.90 Å². The molecule has 3 rings (SSSR count). The summed E-state index contributed by atoms with van der Waals surface area (Å²) in [5, 5.41) is 0.